The third-order valence-electron chi connectivity index (χ3n) is 7.36. The van der Waals surface area contributed by atoms with Gasteiger partial charge in [-0.2, -0.15) is 12.6 Å². The summed E-state index contributed by atoms with van der Waals surface area (Å²) >= 11 is 4.15. The number of amides is 2. The molecule has 2 amide bonds. The Kier molecular flexibility index (Phi) is 11.5. The number of carbonyl (C=O) groups is 2. The molecule has 0 saturated heterocycles. The molecule has 220 valence electrons. The predicted molar refractivity (Wildman–Crippen MR) is 181 cm³/mol. The zero-order chi connectivity index (χ0) is 30.6. The SMILES string of the molecule is C/C=C/c1ccc(C(Cc2ccc(C(=O)NCCS)cc2)C(=O)Nc2ccc(C3=Cc4ccccc4C3)cc2)cc1.CO. The van der Waals surface area contributed by atoms with E-state index in [1.165, 1.54) is 16.7 Å². The van der Waals surface area contributed by atoms with Gasteiger partial charge in [-0.25, -0.2) is 0 Å². The smallest absolute Gasteiger partial charge is 0.251 e. The summed E-state index contributed by atoms with van der Waals surface area (Å²) in [4.78, 5) is 26.0. The minimum Gasteiger partial charge on any atom is -0.400 e. The molecule has 6 heteroatoms. The number of rotatable bonds is 10. The number of aliphatic hydroxyl groups excluding tert-OH is 1. The number of benzene rings is 4. The molecule has 0 saturated carbocycles. The second-order valence-corrected chi connectivity index (χ2v) is 10.7. The highest BCUT2D eigenvalue weighted by atomic mass is 32.1. The predicted octanol–water partition coefficient (Wildman–Crippen LogP) is 7.05. The number of thiol groups is 1. The van der Waals surface area contributed by atoms with Gasteiger partial charge in [0.2, 0.25) is 5.91 Å². The van der Waals surface area contributed by atoms with E-state index in [-0.39, 0.29) is 11.8 Å². The van der Waals surface area contributed by atoms with Crippen LogP contribution in [0.15, 0.2) is 103 Å². The molecule has 3 N–H and O–H groups in total. The molecule has 0 aromatic heterocycles. The lowest BCUT2D eigenvalue weighted by atomic mass is 9.90. The molecule has 5 rings (SSSR count). The van der Waals surface area contributed by atoms with Gasteiger partial charge >= 0.3 is 0 Å². The quantitative estimate of drug-likeness (QED) is 0.150. The van der Waals surface area contributed by atoms with Crippen molar-refractivity contribution in [1.29, 1.82) is 0 Å². The molecule has 4 aromatic rings. The number of fused-ring (bicyclic) bond motifs is 1. The summed E-state index contributed by atoms with van der Waals surface area (Å²) in [6, 6.07) is 32.1. The van der Waals surface area contributed by atoms with Crippen LogP contribution in [0.25, 0.3) is 17.7 Å². The van der Waals surface area contributed by atoms with Gasteiger partial charge in [-0.3, -0.25) is 9.59 Å². The van der Waals surface area contributed by atoms with Gasteiger partial charge in [0.25, 0.3) is 5.91 Å². The summed E-state index contributed by atoms with van der Waals surface area (Å²) in [5.41, 5.74) is 9.43. The van der Waals surface area contributed by atoms with Crippen LogP contribution >= 0.6 is 12.6 Å². The van der Waals surface area contributed by atoms with Gasteiger partial charge in [-0.05, 0) is 83.0 Å². The van der Waals surface area contributed by atoms with E-state index in [0.29, 0.717) is 24.3 Å². The van der Waals surface area contributed by atoms with E-state index in [9.17, 15) is 9.59 Å². The molecule has 0 fully saturated rings. The standard InChI is InChI=1S/C36H34N2O2S.CH4O/c1-2-5-25-8-12-28(13-9-25)34(22-26-10-14-29(15-11-26)35(39)37-20-21-41)36(40)38-33-18-16-27(17-19-33)32-23-30-6-3-4-7-31(30)24-32;1-2/h2-19,23,34,41H,20-22,24H2,1H3,(H,37,39)(H,38,40);2H,1H3/b5-2+;. The van der Waals surface area contributed by atoms with Gasteiger partial charge in [0, 0.05) is 30.7 Å². The number of carbonyl (C=O) groups excluding carboxylic acids is 2. The van der Waals surface area contributed by atoms with Gasteiger partial charge in [-0.15, -0.1) is 0 Å². The van der Waals surface area contributed by atoms with Gasteiger partial charge < -0.3 is 15.7 Å². The molecule has 1 unspecified atom stereocenters. The van der Waals surface area contributed by atoms with Crippen molar-refractivity contribution in [3.63, 3.8) is 0 Å². The Morgan fingerprint density at radius 1 is 0.907 bits per heavy atom. The number of nitrogens with one attached hydrogen (secondary N) is 2. The zero-order valence-corrected chi connectivity index (χ0v) is 25.5. The van der Waals surface area contributed by atoms with Gasteiger partial charge in [0.1, 0.15) is 0 Å². The van der Waals surface area contributed by atoms with Crippen LogP contribution < -0.4 is 10.6 Å². The maximum Gasteiger partial charge on any atom is 0.251 e. The molecule has 0 spiro atoms. The van der Waals surface area contributed by atoms with Crippen molar-refractivity contribution in [2.45, 2.75) is 25.7 Å². The van der Waals surface area contributed by atoms with E-state index < -0.39 is 5.92 Å². The molecule has 0 radical (unpaired) electrons. The van der Waals surface area contributed by atoms with Gasteiger partial charge in [0.05, 0.1) is 5.92 Å². The van der Waals surface area contributed by atoms with E-state index in [2.05, 4.69) is 65.7 Å². The van der Waals surface area contributed by atoms with Crippen molar-refractivity contribution in [3.05, 3.63) is 142 Å². The first-order chi connectivity index (χ1) is 21.0. The Hall–Kier alpha value is -4.39. The van der Waals surface area contributed by atoms with E-state index in [0.717, 1.165) is 41.5 Å². The molecular weight excluding hydrogens is 552 g/mol. The Morgan fingerprint density at radius 3 is 2.26 bits per heavy atom. The Balaban J connectivity index is 0.00000207. The Bertz CT molecular complexity index is 1570. The summed E-state index contributed by atoms with van der Waals surface area (Å²) in [5, 5.41) is 13.0. The lowest BCUT2D eigenvalue weighted by Crippen LogP contribution is -2.25. The van der Waals surface area contributed by atoms with Crippen LogP contribution in [0.3, 0.4) is 0 Å². The van der Waals surface area contributed by atoms with Crippen LogP contribution in [-0.4, -0.2) is 36.3 Å². The monoisotopic (exact) mass is 590 g/mol. The summed E-state index contributed by atoms with van der Waals surface area (Å²) in [6.07, 6.45) is 7.71. The number of anilines is 1. The average molecular weight is 591 g/mol. The van der Waals surface area contributed by atoms with Crippen molar-refractivity contribution in [1.82, 2.24) is 5.32 Å². The van der Waals surface area contributed by atoms with E-state index in [4.69, 9.17) is 5.11 Å². The fourth-order valence-corrected chi connectivity index (χ4v) is 5.27. The second-order valence-electron chi connectivity index (χ2n) is 10.2. The topological polar surface area (TPSA) is 78.4 Å². The van der Waals surface area contributed by atoms with Crippen molar-refractivity contribution >= 4 is 47.9 Å². The molecule has 4 aromatic carbocycles. The molecule has 1 aliphatic carbocycles. The number of allylic oxidation sites excluding steroid dienone is 2. The number of hydrogen-bond donors (Lipinski definition) is 4. The highest BCUT2D eigenvalue weighted by molar-refractivity contribution is 7.80. The van der Waals surface area contributed by atoms with Crippen molar-refractivity contribution < 1.29 is 14.7 Å². The van der Waals surface area contributed by atoms with Crippen molar-refractivity contribution in [2.24, 2.45) is 0 Å². The summed E-state index contributed by atoms with van der Waals surface area (Å²) < 4.78 is 0. The first-order valence-corrected chi connectivity index (χ1v) is 15.0. The fourth-order valence-electron chi connectivity index (χ4n) is 5.16. The van der Waals surface area contributed by atoms with Gasteiger partial charge in [0.15, 0.2) is 0 Å². The summed E-state index contributed by atoms with van der Waals surface area (Å²) in [5.74, 6) is -0.00697. The molecule has 5 nitrogen and oxygen atoms in total. The van der Waals surface area contributed by atoms with Crippen molar-refractivity contribution in [2.75, 3.05) is 24.7 Å². The lowest BCUT2D eigenvalue weighted by molar-refractivity contribution is -0.117. The Labute approximate surface area is 259 Å². The molecule has 1 atom stereocenters. The van der Waals surface area contributed by atoms with Crippen LogP contribution in [0.1, 0.15) is 56.6 Å². The van der Waals surface area contributed by atoms with E-state index in [1.807, 2.05) is 79.7 Å². The van der Waals surface area contributed by atoms with Crippen LogP contribution in [0, 0.1) is 0 Å². The maximum atomic E-state index is 13.7. The number of hydrogen-bond acceptors (Lipinski definition) is 4. The van der Waals surface area contributed by atoms with Crippen LogP contribution in [0.5, 0.6) is 0 Å². The first kappa shape index (κ1) is 31.5. The molecule has 43 heavy (non-hydrogen) atoms. The molecular formula is C37H38N2O3S. The largest absolute Gasteiger partial charge is 0.400 e. The van der Waals surface area contributed by atoms with Crippen molar-refractivity contribution in [3.8, 4) is 0 Å². The van der Waals surface area contributed by atoms with E-state index in [1.54, 1.807) is 0 Å². The highest BCUT2D eigenvalue weighted by Gasteiger charge is 2.22. The second kappa shape index (κ2) is 15.7. The highest BCUT2D eigenvalue weighted by Crippen LogP contribution is 2.32. The third kappa shape index (κ3) is 8.34. The summed E-state index contributed by atoms with van der Waals surface area (Å²) in [7, 11) is 1.00. The normalized spacial score (nSPS) is 12.5. The average Bonchev–Trinajstić information content (AvgIpc) is 3.49. The summed E-state index contributed by atoms with van der Waals surface area (Å²) in [6.45, 7) is 2.50. The first-order valence-electron chi connectivity index (χ1n) is 14.4. The minimum absolute atomic E-state index is 0.0698. The zero-order valence-electron chi connectivity index (χ0n) is 24.6. The lowest BCUT2D eigenvalue weighted by Gasteiger charge is -2.18. The Morgan fingerprint density at radius 2 is 1.60 bits per heavy atom. The van der Waals surface area contributed by atoms with Crippen LogP contribution in [-0.2, 0) is 17.6 Å². The molecule has 0 heterocycles. The molecule has 1 aliphatic rings. The molecule has 0 aliphatic heterocycles. The number of aliphatic hydroxyl groups is 1. The van der Waals surface area contributed by atoms with Crippen LogP contribution in [0.4, 0.5) is 5.69 Å². The molecule has 0 bridgehead atoms. The van der Waals surface area contributed by atoms with E-state index >= 15 is 0 Å². The maximum absolute atomic E-state index is 13.7. The third-order valence-corrected chi connectivity index (χ3v) is 7.58. The minimum atomic E-state index is -0.398. The fraction of sp³-hybridized carbons (Fsp3) is 0.189. The van der Waals surface area contributed by atoms with Crippen LogP contribution in [0.2, 0.25) is 0 Å². The van der Waals surface area contributed by atoms with Gasteiger partial charge in [-0.1, -0.05) is 91.0 Å².